The van der Waals surface area contributed by atoms with Gasteiger partial charge >= 0.3 is 0 Å². The van der Waals surface area contributed by atoms with Gasteiger partial charge in [-0.3, -0.25) is 0 Å². The second-order valence-electron chi connectivity index (χ2n) is 4.88. The van der Waals surface area contributed by atoms with Crippen LogP contribution in [0.15, 0.2) is 35.0 Å². The summed E-state index contributed by atoms with van der Waals surface area (Å²) in [7, 11) is 3.59. The van der Waals surface area contributed by atoms with Crippen LogP contribution in [0.25, 0.3) is 11.0 Å². The van der Waals surface area contributed by atoms with E-state index in [-0.39, 0.29) is 0 Å². The molecule has 0 aliphatic heterocycles. The van der Waals surface area contributed by atoms with E-state index in [0.29, 0.717) is 6.54 Å². The SMILES string of the molecule is COc1cccc2cc(CNCCc3nncn3C)oc12. The Kier molecular flexibility index (Phi) is 3.87. The number of ether oxygens (including phenoxy) is 1. The van der Waals surface area contributed by atoms with Crippen LogP contribution in [0.1, 0.15) is 11.6 Å². The molecule has 1 N–H and O–H groups in total. The van der Waals surface area contributed by atoms with Gasteiger partial charge in [0.25, 0.3) is 0 Å². The van der Waals surface area contributed by atoms with E-state index in [2.05, 4.69) is 15.5 Å². The average molecular weight is 286 g/mol. The zero-order chi connectivity index (χ0) is 14.7. The molecule has 1 aromatic carbocycles. The smallest absolute Gasteiger partial charge is 0.176 e. The lowest BCUT2D eigenvalue weighted by Gasteiger charge is -2.02. The molecule has 3 aromatic rings. The summed E-state index contributed by atoms with van der Waals surface area (Å²) in [6.07, 6.45) is 2.54. The Balaban J connectivity index is 1.59. The van der Waals surface area contributed by atoms with E-state index < -0.39 is 0 Å². The molecule has 0 aliphatic carbocycles. The Labute approximate surface area is 122 Å². The van der Waals surface area contributed by atoms with E-state index in [0.717, 1.165) is 41.3 Å². The summed E-state index contributed by atoms with van der Waals surface area (Å²) in [5.41, 5.74) is 0.796. The highest BCUT2D eigenvalue weighted by Gasteiger charge is 2.08. The van der Waals surface area contributed by atoms with Crippen LogP contribution >= 0.6 is 0 Å². The third-order valence-corrected chi connectivity index (χ3v) is 3.41. The van der Waals surface area contributed by atoms with Crippen LogP contribution in [-0.4, -0.2) is 28.4 Å². The number of aromatic nitrogens is 3. The predicted molar refractivity (Wildman–Crippen MR) is 79.2 cm³/mol. The maximum Gasteiger partial charge on any atom is 0.176 e. The normalized spacial score (nSPS) is 11.1. The molecule has 3 rings (SSSR count). The number of hydrogen-bond acceptors (Lipinski definition) is 5. The van der Waals surface area contributed by atoms with Gasteiger partial charge in [0.1, 0.15) is 17.9 Å². The summed E-state index contributed by atoms with van der Waals surface area (Å²) in [5.74, 6) is 2.62. The van der Waals surface area contributed by atoms with Crippen LogP contribution in [0.4, 0.5) is 0 Å². The zero-order valence-electron chi connectivity index (χ0n) is 12.2. The van der Waals surface area contributed by atoms with Gasteiger partial charge in [0, 0.05) is 25.4 Å². The highest BCUT2D eigenvalue weighted by Crippen LogP contribution is 2.28. The standard InChI is InChI=1S/C15H18N4O2/c1-19-10-17-18-14(19)6-7-16-9-12-8-11-4-3-5-13(20-2)15(11)21-12/h3-5,8,10,16H,6-7,9H2,1-2H3. The Bertz CT molecular complexity index is 732. The summed E-state index contributed by atoms with van der Waals surface area (Å²) in [6.45, 7) is 1.50. The van der Waals surface area contributed by atoms with Crippen molar-refractivity contribution in [3.63, 3.8) is 0 Å². The zero-order valence-corrected chi connectivity index (χ0v) is 12.2. The first kappa shape index (κ1) is 13.6. The fourth-order valence-electron chi connectivity index (χ4n) is 2.28. The number of fused-ring (bicyclic) bond motifs is 1. The molecule has 2 aromatic heterocycles. The van der Waals surface area contributed by atoms with Gasteiger partial charge in [0.05, 0.1) is 13.7 Å². The highest BCUT2D eigenvalue weighted by molar-refractivity contribution is 5.83. The van der Waals surface area contributed by atoms with Crippen LogP contribution in [0.5, 0.6) is 5.75 Å². The fourth-order valence-corrected chi connectivity index (χ4v) is 2.28. The van der Waals surface area contributed by atoms with Crippen molar-refractivity contribution in [3.05, 3.63) is 42.2 Å². The molecule has 0 aliphatic rings. The van der Waals surface area contributed by atoms with Gasteiger partial charge in [-0.1, -0.05) is 12.1 Å². The second-order valence-corrected chi connectivity index (χ2v) is 4.88. The van der Waals surface area contributed by atoms with Crippen molar-refractivity contribution in [1.82, 2.24) is 20.1 Å². The first-order chi connectivity index (χ1) is 10.3. The van der Waals surface area contributed by atoms with Crippen molar-refractivity contribution in [2.24, 2.45) is 7.05 Å². The molecular weight excluding hydrogens is 268 g/mol. The van der Waals surface area contributed by atoms with Crippen molar-refractivity contribution >= 4 is 11.0 Å². The number of rotatable bonds is 6. The number of hydrogen-bond donors (Lipinski definition) is 1. The summed E-state index contributed by atoms with van der Waals surface area (Å²) in [5, 5.41) is 12.3. The number of nitrogens with zero attached hydrogens (tertiary/aromatic N) is 3. The van der Waals surface area contributed by atoms with Gasteiger partial charge in [0.2, 0.25) is 0 Å². The monoisotopic (exact) mass is 286 g/mol. The molecule has 0 unspecified atom stereocenters. The van der Waals surface area contributed by atoms with E-state index in [9.17, 15) is 0 Å². The van der Waals surface area contributed by atoms with Crippen LogP contribution in [-0.2, 0) is 20.0 Å². The van der Waals surface area contributed by atoms with Crippen molar-refractivity contribution < 1.29 is 9.15 Å². The molecule has 0 atom stereocenters. The lowest BCUT2D eigenvalue weighted by Crippen LogP contribution is -2.17. The molecule has 0 saturated heterocycles. The topological polar surface area (TPSA) is 65.1 Å². The largest absolute Gasteiger partial charge is 0.493 e. The molecule has 6 heteroatoms. The lowest BCUT2D eigenvalue weighted by atomic mass is 10.2. The molecule has 110 valence electrons. The number of furan rings is 1. The molecule has 6 nitrogen and oxygen atoms in total. The summed E-state index contributed by atoms with van der Waals surface area (Å²) >= 11 is 0. The van der Waals surface area contributed by atoms with Gasteiger partial charge in [-0.05, 0) is 12.1 Å². The van der Waals surface area contributed by atoms with E-state index in [4.69, 9.17) is 9.15 Å². The molecule has 0 saturated carbocycles. The third kappa shape index (κ3) is 2.90. The van der Waals surface area contributed by atoms with Crippen molar-refractivity contribution in [3.8, 4) is 5.75 Å². The van der Waals surface area contributed by atoms with Crippen molar-refractivity contribution in [2.45, 2.75) is 13.0 Å². The van der Waals surface area contributed by atoms with Gasteiger partial charge in [-0.2, -0.15) is 0 Å². The first-order valence-electron chi connectivity index (χ1n) is 6.87. The van der Waals surface area contributed by atoms with Gasteiger partial charge in [0.15, 0.2) is 11.3 Å². The number of para-hydroxylation sites is 1. The van der Waals surface area contributed by atoms with Gasteiger partial charge in [-0.15, -0.1) is 10.2 Å². The summed E-state index contributed by atoms with van der Waals surface area (Å²) in [6, 6.07) is 7.91. The maximum atomic E-state index is 5.83. The molecule has 0 radical (unpaired) electrons. The lowest BCUT2D eigenvalue weighted by molar-refractivity contribution is 0.406. The Morgan fingerprint density at radius 2 is 2.29 bits per heavy atom. The number of benzene rings is 1. The molecule has 0 fully saturated rings. The Morgan fingerprint density at radius 3 is 3.05 bits per heavy atom. The fraction of sp³-hybridized carbons (Fsp3) is 0.333. The van der Waals surface area contributed by atoms with Gasteiger partial charge < -0.3 is 19.0 Å². The van der Waals surface area contributed by atoms with Crippen LogP contribution in [0.2, 0.25) is 0 Å². The maximum absolute atomic E-state index is 5.83. The molecule has 0 spiro atoms. The molecule has 21 heavy (non-hydrogen) atoms. The van der Waals surface area contributed by atoms with E-state index in [1.165, 1.54) is 0 Å². The Hall–Kier alpha value is -2.34. The number of methoxy groups -OCH3 is 1. The molecule has 0 amide bonds. The van der Waals surface area contributed by atoms with Crippen LogP contribution in [0, 0.1) is 0 Å². The molecular formula is C15H18N4O2. The van der Waals surface area contributed by atoms with E-state index >= 15 is 0 Å². The summed E-state index contributed by atoms with van der Waals surface area (Å²) < 4.78 is 13.1. The van der Waals surface area contributed by atoms with E-state index in [1.54, 1.807) is 13.4 Å². The first-order valence-corrected chi connectivity index (χ1v) is 6.87. The minimum atomic E-state index is 0.676. The van der Waals surface area contributed by atoms with Crippen molar-refractivity contribution in [1.29, 1.82) is 0 Å². The Morgan fingerprint density at radius 1 is 1.38 bits per heavy atom. The average Bonchev–Trinajstić information content (AvgIpc) is 3.09. The number of nitrogens with one attached hydrogen (secondary N) is 1. The van der Waals surface area contributed by atoms with Gasteiger partial charge in [-0.25, -0.2) is 0 Å². The quantitative estimate of drug-likeness (QED) is 0.701. The highest BCUT2D eigenvalue weighted by atomic mass is 16.5. The molecule has 2 heterocycles. The number of aryl methyl sites for hydroxylation is 1. The minimum absolute atomic E-state index is 0.676. The van der Waals surface area contributed by atoms with Crippen LogP contribution < -0.4 is 10.1 Å². The molecule has 0 bridgehead atoms. The third-order valence-electron chi connectivity index (χ3n) is 3.41. The van der Waals surface area contributed by atoms with Crippen molar-refractivity contribution in [2.75, 3.05) is 13.7 Å². The predicted octanol–water partition coefficient (Wildman–Crippen LogP) is 1.90. The summed E-state index contributed by atoms with van der Waals surface area (Å²) in [4.78, 5) is 0. The van der Waals surface area contributed by atoms with E-state index in [1.807, 2.05) is 35.9 Å². The second kappa shape index (κ2) is 5.97. The minimum Gasteiger partial charge on any atom is -0.493 e. The van der Waals surface area contributed by atoms with Crippen LogP contribution in [0.3, 0.4) is 0 Å².